The minimum Gasteiger partial charge on any atom is -0.381 e. The van der Waals surface area contributed by atoms with Crippen LogP contribution in [-0.2, 0) is 4.74 Å². The van der Waals surface area contributed by atoms with Gasteiger partial charge in [0.25, 0.3) is 0 Å². The Hall–Kier alpha value is -0.810. The van der Waals surface area contributed by atoms with Gasteiger partial charge in [-0.3, -0.25) is 4.99 Å². The molecule has 23 heavy (non-hydrogen) atoms. The first-order chi connectivity index (χ1) is 11.1. The molecule has 0 bridgehead atoms. The van der Waals surface area contributed by atoms with Gasteiger partial charge in [0.2, 0.25) is 0 Å². The minimum absolute atomic E-state index is 0.610. The number of guanidine groups is 1. The van der Waals surface area contributed by atoms with Crippen LogP contribution in [0.25, 0.3) is 0 Å². The van der Waals surface area contributed by atoms with E-state index in [1.54, 1.807) is 0 Å². The molecular weight excluding hydrogens is 288 g/mol. The maximum Gasteiger partial charge on any atom is 0.190 e. The van der Waals surface area contributed by atoms with Crippen molar-refractivity contribution in [3.05, 3.63) is 0 Å². The molecule has 0 aromatic carbocycles. The van der Waals surface area contributed by atoms with Gasteiger partial charge >= 0.3 is 0 Å². The van der Waals surface area contributed by atoms with Gasteiger partial charge in [-0.15, -0.1) is 0 Å². The molecule has 1 heterocycles. The molecule has 0 aromatic heterocycles. The lowest BCUT2D eigenvalue weighted by molar-refractivity contribution is 0.108. The van der Waals surface area contributed by atoms with E-state index >= 15 is 0 Å². The van der Waals surface area contributed by atoms with Crippen molar-refractivity contribution in [2.45, 2.75) is 46.5 Å². The fraction of sp³-hybridized carbons (Fsp3) is 0.944. The summed E-state index contributed by atoms with van der Waals surface area (Å²) in [4.78, 5) is 6.89. The second kappa shape index (κ2) is 12.6. The van der Waals surface area contributed by atoms with Crippen molar-refractivity contribution < 1.29 is 4.74 Å². The van der Waals surface area contributed by atoms with Crippen LogP contribution in [0.15, 0.2) is 4.99 Å². The molecule has 1 saturated heterocycles. The summed E-state index contributed by atoms with van der Waals surface area (Å²) in [5.74, 6) is 2.15. The lowest BCUT2D eigenvalue weighted by Gasteiger charge is -2.29. The Morgan fingerprint density at radius 3 is 2.52 bits per heavy atom. The average Bonchev–Trinajstić information content (AvgIpc) is 2.54. The third-order valence-electron chi connectivity index (χ3n) is 4.07. The molecule has 0 amide bonds. The van der Waals surface area contributed by atoms with Crippen LogP contribution in [0.3, 0.4) is 0 Å². The highest BCUT2D eigenvalue weighted by molar-refractivity contribution is 5.79. The molecule has 136 valence electrons. The number of ether oxygens (including phenoxy) is 1. The zero-order chi connectivity index (χ0) is 16.9. The molecular formula is C18H38N4O. The summed E-state index contributed by atoms with van der Waals surface area (Å²) in [6.07, 6.45) is 5.14. The van der Waals surface area contributed by atoms with Crippen LogP contribution in [0.2, 0.25) is 0 Å². The molecule has 1 unspecified atom stereocenters. The van der Waals surface area contributed by atoms with Gasteiger partial charge in [-0.05, 0) is 44.2 Å². The van der Waals surface area contributed by atoms with Gasteiger partial charge in [0.15, 0.2) is 5.96 Å². The van der Waals surface area contributed by atoms with Crippen molar-refractivity contribution in [2.75, 3.05) is 53.0 Å². The summed E-state index contributed by atoms with van der Waals surface area (Å²) in [7, 11) is 1.83. The Kier molecular flexibility index (Phi) is 11.1. The molecule has 0 spiro atoms. The van der Waals surface area contributed by atoms with Gasteiger partial charge in [-0.2, -0.15) is 0 Å². The van der Waals surface area contributed by atoms with Crippen molar-refractivity contribution in [3.63, 3.8) is 0 Å². The highest BCUT2D eigenvalue weighted by Gasteiger charge is 2.13. The van der Waals surface area contributed by atoms with E-state index in [2.05, 4.69) is 41.3 Å². The second-order valence-electron chi connectivity index (χ2n) is 7.17. The number of likely N-dealkylation sites (tertiary alicyclic amines) is 1. The smallest absolute Gasteiger partial charge is 0.190 e. The van der Waals surface area contributed by atoms with Gasteiger partial charge in [0.05, 0.1) is 0 Å². The number of piperidine rings is 1. The molecule has 1 atom stereocenters. The molecule has 0 saturated carbocycles. The molecule has 1 aliphatic rings. The molecule has 0 radical (unpaired) electrons. The first-order valence-corrected chi connectivity index (χ1v) is 9.36. The average molecular weight is 327 g/mol. The van der Waals surface area contributed by atoms with Crippen LogP contribution in [-0.4, -0.2) is 63.8 Å². The summed E-state index contributed by atoms with van der Waals surface area (Å²) in [6, 6.07) is 0. The van der Waals surface area contributed by atoms with Gasteiger partial charge < -0.3 is 20.3 Å². The maximum atomic E-state index is 5.59. The fourth-order valence-corrected chi connectivity index (χ4v) is 2.84. The van der Waals surface area contributed by atoms with Crippen LogP contribution >= 0.6 is 0 Å². The van der Waals surface area contributed by atoms with Crippen LogP contribution in [0.5, 0.6) is 0 Å². The predicted molar refractivity (Wildman–Crippen MR) is 99.1 cm³/mol. The summed E-state index contributed by atoms with van der Waals surface area (Å²) in [5, 5.41) is 6.80. The van der Waals surface area contributed by atoms with E-state index in [-0.39, 0.29) is 0 Å². The Morgan fingerprint density at radius 1 is 1.13 bits per heavy atom. The zero-order valence-corrected chi connectivity index (χ0v) is 15.7. The molecule has 5 nitrogen and oxygen atoms in total. The SMILES string of the molecule is CN=C(NCCCOCC(C)C)NCC(C)CN1CCCCC1. The van der Waals surface area contributed by atoms with Crippen molar-refractivity contribution in [1.82, 2.24) is 15.5 Å². The molecule has 1 rings (SSSR count). The maximum absolute atomic E-state index is 5.59. The highest BCUT2D eigenvalue weighted by Crippen LogP contribution is 2.10. The monoisotopic (exact) mass is 326 g/mol. The van der Waals surface area contributed by atoms with Gasteiger partial charge in [0.1, 0.15) is 0 Å². The van der Waals surface area contributed by atoms with Gasteiger partial charge in [-0.25, -0.2) is 0 Å². The Morgan fingerprint density at radius 2 is 1.87 bits per heavy atom. The lowest BCUT2D eigenvalue weighted by atomic mass is 10.1. The zero-order valence-electron chi connectivity index (χ0n) is 15.7. The number of aliphatic imine (C=N–C) groups is 1. The van der Waals surface area contributed by atoms with E-state index in [1.165, 1.54) is 38.9 Å². The number of rotatable bonds is 10. The molecule has 1 fully saturated rings. The van der Waals surface area contributed by atoms with E-state index in [9.17, 15) is 0 Å². The highest BCUT2D eigenvalue weighted by atomic mass is 16.5. The normalized spacial score (nSPS) is 18.2. The van der Waals surface area contributed by atoms with Crippen LogP contribution in [0, 0.1) is 11.8 Å². The van der Waals surface area contributed by atoms with Crippen molar-refractivity contribution in [2.24, 2.45) is 16.8 Å². The predicted octanol–water partition coefficient (Wildman–Crippen LogP) is 2.34. The standard InChI is InChI=1S/C18H38N4O/c1-16(2)15-23-12-8-9-20-18(19-4)21-13-17(3)14-22-10-6-5-7-11-22/h16-17H,5-15H2,1-4H3,(H2,19,20,21). The first kappa shape index (κ1) is 20.2. The Bertz CT molecular complexity index is 314. The number of nitrogens with one attached hydrogen (secondary N) is 2. The van der Waals surface area contributed by atoms with Crippen molar-refractivity contribution in [1.29, 1.82) is 0 Å². The molecule has 0 aromatic rings. The minimum atomic E-state index is 0.610. The molecule has 1 aliphatic heterocycles. The summed E-state index contributed by atoms with van der Waals surface area (Å²) < 4.78 is 5.59. The van der Waals surface area contributed by atoms with E-state index in [4.69, 9.17) is 4.74 Å². The lowest BCUT2D eigenvalue weighted by Crippen LogP contribution is -2.42. The fourth-order valence-electron chi connectivity index (χ4n) is 2.84. The molecule has 0 aliphatic carbocycles. The van der Waals surface area contributed by atoms with E-state index < -0.39 is 0 Å². The number of nitrogens with zero attached hydrogens (tertiary/aromatic N) is 2. The number of hydrogen-bond acceptors (Lipinski definition) is 3. The Balaban J connectivity index is 2.06. The quantitative estimate of drug-likeness (QED) is 0.367. The summed E-state index contributed by atoms with van der Waals surface area (Å²) in [6.45, 7) is 13.9. The summed E-state index contributed by atoms with van der Waals surface area (Å²) in [5.41, 5.74) is 0. The third kappa shape index (κ3) is 10.6. The Labute approximate surface area is 143 Å². The third-order valence-corrected chi connectivity index (χ3v) is 4.07. The van der Waals surface area contributed by atoms with Gasteiger partial charge in [-0.1, -0.05) is 27.2 Å². The van der Waals surface area contributed by atoms with Crippen molar-refractivity contribution in [3.8, 4) is 0 Å². The van der Waals surface area contributed by atoms with Crippen LogP contribution in [0.4, 0.5) is 0 Å². The van der Waals surface area contributed by atoms with E-state index in [1.807, 2.05) is 7.05 Å². The van der Waals surface area contributed by atoms with Crippen molar-refractivity contribution >= 4 is 5.96 Å². The molecule has 5 heteroatoms. The first-order valence-electron chi connectivity index (χ1n) is 9.36. The van der Waals surface area contributed by atoms with Gasteiger partial charge in [0, 0.05) is 39.9 Å². The largest absolute Gasteiger partial charge is 0.381 e. The topological polar surface area (TPSA) is 48.9 Å². The summed E-state index contributed by atoms with van der Waals surface area (Å²) >= 11 is 0. The van der Waals surface area contributed by atoms with E-state index in [0.29, 0.717) is 11.8 Å². The van der Waals surface area contributed by atoms with Crippen LogP contribution in [0.1, 0.15) is 46.5 Å². The second-order valence-corrected chi connectivity index (χ2v) is 7.17. The number of hydrogen-bond donors (Lipinski definition) is 2. The van der Waals surface area contributed by atoms with E-state index in [0.717, 1.165) is 38.7 Å². The molecule has 2 N–H and O–H groups in total. The van der Waals surface area contributed by atoms with Crippen LogP contribution < -0.4 is 10.6 Å².